The third-order valence-corrected chi connectivity index (χ3v) is 8.53. The Kier molecular flexibility index (Phi) is 8.32. The molecule has 0 radical (unpaired) electrons. The second kappa shape index (κ2) is 12.5. The summed E-state index contributed by atoms with van der Waals surface area (Å²) in [7, 11) is 2.11. The number of likely N-dealkylation sites (N-methyl/N-ethyl adjacent to an activating group) is 1. The highest BCUT2D eigenvalue weighted by atomic mass is 35.5. The van der Waals surface area contributed by atoms with Gasteiger partial charge < -0.3 is 25.1 Å². The maximum atomic E-state index is 14.2. The van der Waals surface area contributed by atoms with Crippen molar-refractivity contribution in [3.05, 3.63) is 112 Å². The van der Waals surface area contributed by atoms with Crippen LogP contribution in [0.5, 0.6) is 0 Å². The van der Waals surface area contributed by atoms with Gasteiger partial charge in [-0.25, -0.2) is 4.79 Å². The Bertz CT molecular complexity index is 1720. The molecule has 3 aromatic carbocycles. The molecule has 2 N–H and O–H groups in total. The molecular formula is C34H32ClN5O4. The van der Waals surface area contributed by atoms with E-state index in [0.29, 0.717) is 29.2 Å². The summed E-state index contributed by atoms with van der Waals surface area (Å²) in [6.07, 6.45) is 3.80. The molecule has 4 aromatic rings. The number of amides is 2. The monoisotopic (exact) mass is 609 g/mol. The van der Waals surface area contributed by atoms with Gasteiger partial charge in [-0.3, -0.25) is 14.6 Å². The number of aromatic carboxylic acids is 1. The number of piperazine rings is 1. The van der Waals surface area contributed by atoms with Crippen molar-refractivity contribution >= 4 is 40.8 Å². The number of nitrogens with zero attached hydrogens (tertiary/aromatic N) is 4. The van der Waals surface area contributed by atoms with E-state index in [2.05, 4.69) is 33.2 Å². The summed E-state index contributed by atoms with van der Waals surface area (Å²) in [5.74, 6) is -1.74. The molecule has 2 aliphatic rings. The van der Waals surface area contributed by atoms with Gasteiger partial charge in [-0.2, -0.15) is 0 Å². The molecule has 0 spiro atoms. The van der Waals surface area contributed by atoms with Gasteiger partial charge >= 0.3 is 5.97 Å². The van der Waals surface area contributed by atoms with Crippen molar-refractivity contribution < 1.29 is 19.5 Å². The quantitative estimate of drug-likeness (QED) is 0.308. The molecule has 0 bridgehead atoms. The lowest BCUT2D eigenvalue weighted by Crippen LogP contribution is -2.47. The Balaban J connectivity index is 1.36. The summed E-state index contributed by atoms with van der Waals surface area (Å²) in [4.78, 5) is 50.2. The van der Waals surface area contributed by atoms with Crippen molar-refractivity contribution in [2.24, 2.45) is 0 Å². The number of aromatic nitrogens is 1. The number of carboxylic acids is 1. The molecule has 1 saturated heterocycles. The maximum absolute atomic E-state index is 14.2. The van der Waals surface area contributed by atoms with Crippen LogP contribution in [-0.4, -0.2) is 77.4 Å². The maximum Gasteiger partial charge on any atom is 0.335 e. The van der Waals surface area contributed by atoms with E-state index < -0.39 is 12.0 Å². The zero-order valence-corrected chi connectivity index (χ0v) is 25.0. The molecule has 9 nitrogen and oxygen atoms in total. The highest BCUT2D eigenvalue weighted by Gasteiger charge is 2.38. The Labute approximate surface area is 260 Å². The first-order chi connectivity index (χ1) is 21.3. The molecule has 10 heteroatoms. The first kappa shape index (κ1) is 29.3. The van der Waals surface area contributed by atoms with Gasteiger partial charge in [0.1, 0.15) is 6.04 Å². The van der Waals surface area contributed by atoms with E-state index in [1.165, 1.54) is 18.3 Å². The minimum absolute atomic E-state index is 0.117. The largest absolute Gasteiger partial charge is 0.478 e. The number of carbonyl (C=O) groups excluding carboxylic acids is 2. The molecule has 2 aliphatic heterocycles. The predicted molar refractivity (Wildman–Crippen MR) is 170 cm³/mol. The molecule has 1 unspecified atom stereocenters. The van der Waals surface area contributed by atoms with Gasteiger partial charge in [0.05, 0.1) is 11.1 Å². The van der Waals surface area contributed by atoms with Gasteiger partial charge in [-0.05, 0) is 78.7 Å². The number of carboxylic acid groups (broad SMARTS) is 1. The lowest BCUT2D eigenvalue weighted by molar-refractivity contribution is -0.121. The van der Waals surface area contributed by atoms with Crippen LogP contribution >= 0.6 is 11.6 Å². The number of pyridine rings is 1. The Morgan fingerprint density at radius 1 is 0.864 bits per heavy atom. The minimum atomic E-state index is -1.05. The zero-order chi connectivity index (χ0) is 30.8. The van der Waals surface area contributed by atoms with Crippen molar-refractivity contribution in [1.29, 1.82) is 0 Å². The lowest BCUT2D eigenvalue weighted by Gasteiger charge is -2.40. The van der Waals surface area contributed by atoms with Crippen LogP contribution in [0.2, 0.25) is 5.02 Å². The van der Waals surface area contributed by atoms with Crippen LogP contribution < -0.4 is 10.2 Å². The van der Waals surface area contributed by atoms with E-state index in [0.717, 1.165) is 54.1 Å². The molecule has 1 fully saturated rings. The molecule has 0 saturated carbocycles. The number of rotatable bonds is 6. The highest BCUT2D eigenvalue weighted by molar-refractivity contribution is 6.30. The van der Waals surface area contributed by atoms with Gasteiger partial charge in [0.2, 0.25) is 0 Å². The second-order valence-corrected chi connectivity index (χ2v) is 11.6. The Hall–Kier alpha value is -4.73. The van der Waals surface area contributed by atoms with Crippen molar-refractivity contribution in [1.82, 2.24) is 14.8 Å². The highest BCUT2D eigenvalue weighted by Crippen LogP contribution is 2.38. The van der Waals surface area contributed by atoms with Crippen LogP contribution in [0.3, 0.4) is 0 Å². The number of anilines is 2. The molecule has 1 atom stereocenters. The molecule has 1 aromatic heterocycles. The fraction of sp³-hybridized carbons (Fsp3) is 0.235. The molecular weight excluding hydrogens is 578 g/mol. The van der Waals surface area contributed by atoms with Gasteiger partial charge in [0.25, 0.3) is 11.8 Å². The minimum Gasteiger partial charge on any atom is -0.478 e. The standard InChI is InChI=1S/C34H32ClN5O4/c1-38-14-16-39(17-15-38)30-7-3-6-29-28(30)12-13-40(31(29)32(41)37-27-10-8-22(9-11-27)34(43)44)33(42)25-18-24(20-36-21-25)23-4-2-5-26(35)19-23/h2-11,18-21,31H,12-17H2,1H3,(H,37,41)(H,43,44). The van der Waals surface area contributed by atoms with Crippen molar-refractivity contribution in [2.75, 3.05) is 50.0 Å². The fourth-order valence-corrected chi connectivity index (χ4v) is 6.14. The number of halogens is 1. The Morgan fingerprint density at radius 3 is 2.34 bits per heavy atom. The topological polar surface area (TPSA) is 106 Å². The van der Waals surface area contributed by atoms with E-state index >= 15 is 0 Å². The lowest BCUT2D eigenvalue weighted by atomic mass is 9.89. The number of hydrogen-bond acceptors (Lipinski definition) is 6. The summed E-state index contributed by atoms with van der Waals surface area (Å²) >= 11 is 6.21. The van der Waals surface area contributed by atoms with E-state index in [-0.39, 0.29) is 17.4 Å². The second-order valence-electron chi connectivity index (χ2n) is 11.1. The number of benzene rings is 3. The van der Waals surface area contributed by atoms with Crippen LogP contribution in [-0.2, 0) is 11.2 Å². The predicted octanol–water partition coefficient (Wildman–Crippen LogP) is 5.23. The average molecular weight is 610 g/mol. The summed E-state index contributed by atoms with van der Waals surface area (Å²) in [6.45, 7) is 3.99. The van der Waals surface area contributed by atoms with Gasteiger partial charge in [0.15, 0.2) is 0 Å². The van der Waals surface area contributed by atoms with Crippen LogP contribution in [0.4, 0.5) is 11.4 Å². The number of carbonyl (C=O) groups is 3. The summed E-state index contributed by atoms with van der Waals surface area (Å²) in [5, 5.41) is 12.8. The van der Waals surface area contributed by atoms with Crippen molar-refractivity contribution in [2.45, 2.75) is 12.5 Å². The SMILES string of the molecule is CN1CCN(c2cccc3c2CCN(C(=O)c2cncc(-c4cccc(Cl)c4)c2)C3C(=O)Nc2ccc(C(=O)O)cc2)CC1. The molecule has 224 valence electrons. The summed E-state index contributed by atoms with van der Waals surface area (Å²) in [6, 6.07) is 20.2. The molecule has 6 rings (SSSR count). The first-order valence-corrected chi connectivity index (χ1v) is 14.9. The van der Waals surface area contributed by atoms with E-state index in [4.69, 9.17) is 11.6 Å². The van der Waals surface area contributed by atoms with Crippen LogP contribution in [0, 0.1) is 0 Å². The first-order valence-electron chi connectivity index (χ1n) is 14.5. The van der Waals surface area contributed by atoms with E-state index in [9.17, 15) is 19.5 Å². The third-order valence-electron chi connectivity index (χ3n) is 8.29. The molecule has 3 heterocycles. The fourth-order valence-electron chi connectivity index (χ4n) is 5.95. The molecule has 0 aliphatic carbocycles. The average Bonchev–Trinajstić information content (AvgIpc) is 3.04. The van der Waals surface area contributed by atoms with Gasteiger partial charge in [0, 0.05) is 67.1 Å². The van der Waals surface area contributed by atoms with Gasteiger partial charge in [-0.15, -0.1) is 0 Å². The van der Waals surface area contributed by atoms with Crippen LogP contribution in [0.1, 0.15) is 37.9 Å². The van der Waals surface area contributed by atoms with Crippen LogP contribution in [0.25, 0.3) is 11.1 Å². The molecule has 44 heavy (non-hydrogen) atoms. The summed E-state index contributed by atoms with van der Waals surface area (Å²) in [5.41, 5.74) is 5.44. The summed E-state index contributed by atoms with van der Waals surface area (Å²) < 4.78 is 0. The number of hydrogen-bond donors (Lipinski definition) is 2. The van der Waals surface area contributed by atoms with Crippen LogP contribution in [0.15, 0.2) is 85.2 Å². The normalized spacial score (nSPS) is 16.7. The van der Waals surface area contributed by atoms with E-state index in [1.807, 2.05) is 30.3 Å². The van der Waals surface area contributed by atoms with E-state index in [1.54, 1.807) is 35.4 Å². The zero-order valence-electron chi connectivity index (χ0n) is 24.2. The third kappa shape index (κ3) is 6.02. The van der Waals surface area contributed by atoms with Crippen molar-refractivity contribution in [3.8, 4) is 11.1 Å². The smallest absolute Gasteiger partial charge is 0.335 e. The molecule has 2 amide bonds. The Morgan fingerprint density at radius 2 is 1.61 bits per heavy atom. The number of nitrogens with one attached hydrogen (secondary N) is 1. The van der Waals surface area contributed by atoms with Gasteiger partial charge in [-0.1, -0.05) is 35.9 Å². The number of fused-ring (bicyclic) bond motifs is 1. The van der Waals surface area contributed by atoms with Crippen molar-refractivity contribution in [3.63, 3.8) is 0 Å².